The summed E-state index contributed by atoms with van der Waals surface area (Å²) < 4.78 is 0. The normalized spacial score (nSPS) is 37.9. The Balaban J connectivity index is 2.71. The van der Waals surface area contributed by atoms with E-state index in [0.717, 1.165) is 12.8 Å². The fourth-order valence-electron chi connectivity index (χ4n) is 2.39. The molecule has 0 aromatic carbocycles. The van der Waals surface area contributed by atoms with Gasteiger partial charge in [0.15, 0.2) is 0 Å². The molecule has 0 spiro atoms. The lowest BCUT2D eigenvalue weighted by molar-refractivity contribution is 0.143. The predicted molar refractivity (Wildman–Crippen MR) is 55.6 cm³/mol. The first kappa shape index (κ1) is 11.5. The molecule has 0 radical (unpaired) electrons. The van der Waals surface area contributed by atoms with E-state index in [-0.39, 0.29) is 6.61 Å². The molecule has 0 aromatic heterocycles. The molecule has 80 valence electrons. The molecule has 1 aliphatic rings. The van der Waals surface area contributed by atoms with Crippen LogP contribution in [0.15, 0.2) is 0 Å². The van der Waals surface area contributed by atoms with Gasteiger partial charge in [-0.3, -0.25) is 5.32 Å². The first-order valence-corrected chi connectivity index (χ1v) is 5.43. The summed E-state index contributed by atoms with van der Waals surface area (Å²) in [7, 11) is 0. The van der Waals surface area contributed by atoms with Crippen LogP contribution in [0.25, 0.3) is 0 Å². The van der Waals surface area contributed by atoms with E-state index in [0.29, 0.717) is 18.4 Å². The second kappa shape index (κ2) is 4.77. The molecule has 3 atom stereocenters. The number of rotatable bonds is 3. The average molecular weight is 196 g/mol. The summed E-state index contributed by atoms with van der Waals surface area (Å²) in [5.74, 6) is 0.961. The quantitative estimate of drug-likeness (QED) is 0.715. The molecule has 0 bridgehead atoms. The number of nitriles is 1. The summed E-state index contributed by atoms with van der Waals surface area (Å²) in [6.45, 7) is 4.96. The zero-order valence-corrected chi connectivity index (χ0v) is 9.08. The minimum Gasteiger partial charge on any atom is -0.395 e. The highest BCUT2D eigenvalue weighted by atomic mass is 16.3. The highest BCUT2D eigenvalue weighted by Crippen LogP contribution is 2.37. The summed E-state index contributed by atoms with van der Waals surface area (Å²) in [6, 6.07) is 2.41. The monoisotopic (exact) mass is 196 g/mol. The Bertz CT molecular complexity index is 224. The van der Waals surface area contributed by atoms with Crippen molar-refractivity contribution in [3.63, 3.8) is 0 Å². The van der Waals surface area contributed by atoms with Crippen LogP contribution in [0.2, 0.25) is 0 Å². The lowest BCUT2D eigenvalue weighted by atomic mass is 9.69. The van der Waals surface area contributed by atoms with Gasteiger partial charge in [0.25, 0.3) is 0 Å². The second-order valence-corrected chi connectivity index (χ2v) is 4.39. The minimum atomic E-state index is -0.402. The average Bonchev–Trinajstić information content (AvgIpc) is 2.21. The van der Waals surface area contributed by atoms with Gasteiger partial charge in [-0.25, -0.2) is 0 Å². The number of aliphatic hydroxyl groups is 1. The van der Waals surface area contributed by atoms with Gasteiger partial charge in [0.05, 0.1) is 12.7 Å². The topological polar surface area (TPSA) is 56.0 Å². The highest BCUT2D eigenvalue weighted by Gasteiger charge is 2.41. The van der Waals surface area contributed by atoms with Crippen LogP contribution in [0.4, 0.5) is 0 Å². The molecular weight excluding hydrogens is 176 g/mol. The van der Waals surface area contributed by atoms with E-state index in [1.807, 2.05) is 0 Å². The fraction of sp³-hybridized carbons (Fsp3) is 0.909. The van der Waals surface area contributed by atoms with Crippen LogP contribution in [0.5, 0.6) is 0 Å². The third-order valence-electron chi connectivity index (χ3n) is 3.61. The third-order valence-corrected chi connectivity index (χ3v) is 3.61. The largest absolute Gasteiger partial charge is 0.395 e. The molecule has 1 rings (SSSR count). The van der Waals surface area contributed by atoms with Crippen molar-refractivity contribution < 1.29 is 5.11 Å². The molecule has 2 N–H and O–H groups in total. The van der Waals surface area contributed by atoms with Crippen LogP contribution < -0.4 is 5.32 Å². The lowest BCUT2D eigenvalue weighted by Crippen LogP contribution is -2.54. The SMILES string of the molecule is CC1CCCC(C#N)(NCCO)C1C. The van der Waals surface area contributed by atoms with E-state index in [9.17, 15) is 5.26 Å². The highest BCUT2D eigenvalue weighted by molar-refractivity contribution is 5.12. The number of nitrogens with zero attached hydrogens (tertiary/aromatic N) is 1. The fourth-order valence-corrected chi connectivity index (χ4v) is 2.39. The maximum absolute atomic E-state index is 9.26. The molecule has 0 heterocycles. The van der Waals surface area contributed by atoms with E-state index in [1.54, 1.807) is 0 Å². The first-order chi connectivity index (χ1) is 6.66. The number of β-amino-alcohol motifs (C(OH)–C–C–N with tert-alkyl or cyclic N) is 1. The van der Waals surface area contributed by atoms with Gasteiger partial charge in [0, 0.05) is 6.54 Å². The predicted octanol–water partition coefficient (Wildman–Crippen LogP) is 1.29. The van der Waals surface area contributed by atoms with E-state index >= 15 is 0 Å². The number of aliphatic hydroxyl groups excluding tert-OH is 1. The lowest BCUT2D eigenvalue weighted by Gasteiger charge is -2.41. The van der Waals surface area contributed by atoms with Crippen LogP contribution in [-0.2, 0) is 0 Å². The van der Waals surface area contributed by atoms with Gasteiger partial charge >= 0.3 is 0 Å². The summed E-state index contributed by atoms with van der Waals surface area (Å²) in [4.78, 5) is 0. The van der Waals surface area contributed by atoms with Crippen molar-refractivity contribution in [3.05, 3.63) is 0 Å². The van der Waals surface area contributed by atoms with Gasteiger partial charge in [-0.05, 0) is 18.3 Å². The summed E-state index contributed by atoms with van der Waals surface area (Å²) in [6.07, 6.45) is 3.23. The van der Waals surface area contributed by atoms with Crippen molar-refractivity contribution in [1.29, 1.82) is 5.26 Å². The van der Waals surface area contributed by atoms with Gasteiger partial charge in [-0.15, -0.1) is 0 Å². The summed E-state index contributed by atoms with van der Waals surface area (Å²) >= 11 is 0. The van der Waals surface area contributed by atoms with E-state index in [1.165, 1.54) is 6.42 Å². The Kier molecular flexibility index (Phi) is 3.91. The molecule has 0 aromatic rings. The first-order valence-electron chi connectivity index (χ1n) is 5.43. The van der Waals surface area contributed by atoms with Crippen LogP contribution in [0, 0.1) is 23.2 Å². The smallest absolute Gasteiger partial charge is 0.109 e. The molecule has 0 aliphatic heterocycles. The summed E-state index contributed by atoms with van der Waals surface area (Å²) in [5.41, 5.74) is -0.402. The van der Waals surface area contributed by atoms with Crippen LogP contribution in [-0.4, -0.2) is 23.8 Å². The van der Waals surface area contributed by atoms with Crippen molar-refractivity contribution in [2.45, 2.75) is 38.6 Å². The second-order valence-electron chi connectivity index (χ2n) is 4.39. The molecule has 3 nitrogen and oxygen atoms in total. The maximum Gasteiger partial charge on any atom is 0.109 e. The van der Waals surface area contributed by atoms with Gasteiger partial charge in [-0.1, -0.05) is 26.7 Å². The Morgan fingerprint density at radius 1 is 1.57 bits per heavy atom. The number of nitrogens with one attached hydrogen (secondary N) is 1. The molecular formula is C11H20N2O. The Hall–Kier alpha value is -0.590. The van der Waals surface area contributed by atoms with Crippen molar-refractivity contribution in [2.24, 2.45) is 11.8 Å². The number of hydrogen-bond acceptors (Lipinski definition) is 3. The Morgan fingerprint density at radius 3 is 2.86 bits per heavy atom. The molecule has 1 fully saturated rings. The maximum atomic E-state index is 9.26. The van der Waals surface area contributed by atoms with E-state index in [2.05, 4.69) is 25.2 Å². The van der Waals surface area contributed by atoms with Gasteiger partial charge in [0.2, 0.25) is 0 Å². The van der Waals surface area contributed by atoms with Crippen LogP contribution >= 0.6 is 0 Å². The summed E-state index contributed by atoms with van der Waals surface area (Å²) in [5, 5.41) is 21.3. The molecule has 0 amide bonds. The molecule has 1 saturated carbocycles. The molecule has 1 aliphatic carbocycles. The molecule has 14 heavy (non-hydrogen) atoms. The van der Waals surface area contributed by atoms with Crippen molar-refractivity contribution in [3.8, 4) is 6.07 Å². The van der Waals surface area contributed by atoms with Crippen LogP contribution in [0.3, 0.4) is 0 Å². The van der Waals surface area contributed by atoms with Crippen molar-refractivity contribution >= 4 is 0 Å². The molecule has 0 saturated heterocycles. The van der Waals surface area contributed by atoms with Crippen molar-refractivity contribution in [2.75, 3.05) is 13.2 Å². The van der Waals surface area contributed by atoms with Gasteiger partial charge in [0.1, 0.15) is 5.54 Å². The van der Waals surface area contributed by atoms with Gasteiger partial charge in [-0.2, -0.15) is 5.26 Å². The van der Waals surface area contributed by atoms with Crippen molar-refractivity contribution in [1.82, 2.24) is 5.32 Å². The Morgan fingerprint density at radius 2 is 2.29 bits per heavy atom. The standard InChI is InChI=1S/C11H20N2O/c1-9-4-3-5-11(8-12,10(9)2)13-6-7-14/h9-10,13-14H,3-7H2,1-2H3. The van der Waals surface area contributed by atoms with E-state index in [4.69, 9.17) is 5.11 Å². The third kappa shape index (κ3) is 2.08. The van der Waals surface area contributed by atoms with Crippen LogP contribution in [0.1, 0.15) is 33.1 Å². The number of hydrogen-bond donors (Lipinski definition) is 2. The molecule has 3 unspecified atom stereocenters. The van der Waals surface area contributed by atoms with Gasteiger partial charge < -0.3 is 5.11 Å². The zero-order valence-electron chi connectivity index (χ0n) is 9.08. The zero-order chi connectivity index (χ0) is 10.6. The van der Waals surface area contributed by atoms with E-state index < -0.39 is 5.54 Å². The minimum absolute atomic E-state index is 0.102. The Labute approximate surface area is 86.1 Å². The molecule has 3 heteroatoms.